The number of rotatable bonds is 7. The van der Waals surface area contributed by atoms with Crippen LogP contribution in [0.1, 0.15) is 32.6 Å². The SMILES string of the molecule is CCCCCCNS(=O)(=O)c1ccc(F)c(N)c1F. The molecule has 108 valence electrons. The van der Waals surface area contributed by atoms with E-state index in [9.17, 15) is 17.2 Å². The van der Waals surface area contributed by atoms with Crippen molar-refractivity contribution in [2.45, 2.75) is 37.5 Å². The van der Waals surface area contributed by atoms with Crippen LogP contribution in [0.4, 0.5) is 14.5 Å². The number of halogens is 2. The third-order valence-electron chi connectivity index (χ3n) is 2.70. The van der Waals surface area contributed by atoms with Gasteiger partial charge in [0.1, 0.15) is 16.4 Å². The van der Waals surface area contributed by atoms with Crippen molar-refractivity contribution < 1.29 is 17.2 Å². The maximum atomic E-state index is 13.6. The van der Waals surface area contributed by atoms with Gasteiger partial charge in [-0.1, -0.05) is 26.2 Å². The molecule has 0 heterocycles. The molecule has 0 saturated carbocycles. The van der Waals surface area contributed by atoms with Crippen LogP contribution in [-0.2, 0) is 10.0 Å². The Labute approximate surface area is 112 Å². The third-order valence-corrected chi connectivity index (χ3v) is 4.18. The largest absolute Gasteiger partial charge is 0.394 e. The van der Waals surface area contributed by atoms with Gasteiger partial charge in [0, 0.05) is 6.54 Å². The molecule has 0 aliphatic heterocycles. The molecular weight excluding hydrogens is 274 g/mol. The number of nitrogen functional groups attached to an aromatic ring is 1. The summed E-state index contributed by atoms with van der Waals surface area (Å²) in [6.45, 7) is 2.26. The number of unbranched alkanes of at least 4 members (excludes halogenated alkanes) is 3. The molecule has 0 aromatic heterocycles. The van der Waals surface area contributed by atoms with E-state index in [1.807, 2.05) is 6.92 Å². The zero-order valence-electron chi connectivity index (χ0n) is 10.7. The first-order valence-electron chi connectivity index (χ1n) is 6.13. The monoisotopic (exact) mass is 292 g/mol. The summed E-state index contributed by atoms with van der Waals surface area (Å²) in [6, 6.07) is 1.71. The van der Waals surface area contributed by atoms with Gasteiger partial charge in [0.15, 0.2) is 5.82 Å². The second-order valence-corrected chi connectivity index (χ2v) is 5.97. The van der Waals surface area contributed by atoms with E-state index in [0.29, 0.717) is 6.42 Å². The second-order valence-electron chi connectivity index (χ2n) is 4.23. The van der Waals surface area contributed by atoms with Gasteiger partial charge in [0.05, 0.1) is 0 Å². The molecule has 0 fully saturated rings. The average molecular weight is 292 g/mol. The van der Waals surface area contributed by atoms with Gasteiger partial charge >= 0.3 is 0 Å². The van der Waals surface area contributed by atoms with Crippen molar-refractivity contribution in [3.63, 3.8) is 0 Å². The first-order valence-corrected chi connectivity index (χ1v) is 7.61. The molecule has 3 N–H and O–H groups in total. The van der Waals surface area contributed by atoms with Crippen LogP contribution >= 0.6 is 0 Å². The van der Waals surface area contributed by atoms with Gasteiger partial charge in [-0.25, -0.2) is 21.9 Å². The lowest BCUT2D eigenvalue weighted by molar-refractivity contribution is 0.545. The van der Waals surface area contributed by atoms with Crippen molar-refractivity contribution in [2.75, 3.05) is 12.3 Å². The lowest BCUT2D eigenvalue weighted by atomic mass is 10.2. The van der Waals surface area contributed by atoms with E-state index in [4.69, 9.17) is 5.73 Å². The fraction of sp³-hybridized carbons (Fsp3) is 0.500. The van der Waals surface area contributed by atoms with Crippen LogP contribution in [0.2, 0.25) is 0 Å². The molecule has 0 aliphatic rings. The molecule has 19 heavy (non-hydrogen) atoms. The summed E-state index contributed by atoms with van der Waals surface area (Å²) in [5.74, 6) is -2.22. The summed E-state index contributed by atoms with van der Waals surface area (Å²) in [5, 5.41) is 0. The quantitative estimate of drug-likeness (QED) is 0.599. The minimum atomic E-state index is -3.99. The zero-order valence-corrected chi connectivity index (χ0v) is 11.6. The fourth-order valence-corrected chi connectivity index (χ4v) is 2.75. The van der Waals surface area contributed by atoms with Crippen LogP contribution < -0.4 is 10.5 Å². The standard InChI is InChI=1S/C12H18F2N2O2S/c1-2-3-4-5-8-16-19(17,18)10-7-6-9(13)12(15)11(10)14/h6-7,16H,2-5,8,15H2,1H3. The van der Waals surface area contributed by atoms with E-state index in [1.54, 1.807) is 0 Å². The molecule has 0 atom stereocenters. The Morgan fingerprint density at radius 2 is 1.89 bits per heavy atom. The van der Waals surface area contributed by atoms with E-state index in [-0.39, 0.29) is 6.54 Å². The van der Waals surface area contributed by atoms with Crippen molar-refractivity contribution in [2.24, 2.45) is 0 Å². The molecule has 0 unspecified atom stereocenters. The van der Waals surface area contributed by atoms with Crippen molar-refractivity contribution >= 4 is 15.7 Å². The molecule has 4 nitrogen and oxygen atoms in total. The maximum Gasteiger partial charge on any atom is 0.243 e. The topological polar surface area (TPSA) is 72.2 Å². The van der Waals surface area contributed by atoms with Crippen molar-refractivity contribution in [1.82, 2.24) is 4.72 Å². The molecule has 0 spiro atoms. The maximum absolute atomic E-state index is 13.6. The Morgan fingerprint density at radius 1 is 1.21 bits per heavy atom. The highest BCUT2D eigenvalue weighted by atomic mass is 32.2. The second kappa shape index (κ2) is 6.81. The normalized spacial score (nSPS) is 11.7. The third kappa shape index (κ3) is 4.14. The number of benzene rings is 1. The molecular formula is C12H18F2N2O2S. The number of hydrogen-bond acceptors (Lipinski definition) is 3. The van der Waals surface area contributed by atoms with Crippen molar-refractivity contribution in [1.29, 1.82) is 0 Å². The van der Waals surface area contributed by atoms with Gasteiger partial charge in [0.25, 0.3) is 0 Å². The summed E-state index contributed by atoms with van der Waals surface area (Å²) in [6.07, 6.45) is 3.62. The molecule has 0 radical (unpaired) electrons. The lowest BCUT2D eigenvalue weighted by Gasteiger charge is -2.09. The number of nitrogens with two attached hydrogens (primary N) is 1. The Morgan fingerprint density at radius 3 is 2.53 bits per heavy atom. The molecule has 0 bridgehead atoms. The van der Waals surface area contributed by atoms with Gasteiger partial charge < -0.3 is 5.73 Å². The van der Waals surface area contributed by atoms with Crippen LogP contribution in [0, 0.1) is 11.6 Å². The first kappa shape index (κ1) is 15.8. The first-order chi connectivity index (χ1) is 8.90. The lowest BCUT2D eigenvalue weighted by Crippen LogP contribution is -2.26. The Hall–Kier alpha value is -1.21. The van der Waals surface area contributed by atoms with Crippen LogP contribution in [0.5, 0.6) is 0 Å². The predicted molar refractivity (Wildman–Crippen MR) is 70.1 cm³/mol. The number of sulfonamides is 1. The highest BCUT2D eigenvalue weighted by molar-refractivity contribution is 7.89. The van der Waals surface area contributed by atoms with Crippen LogP contribution in [-0.4, -0.2) is 15.0 Å². The van der Waals surface area contributed by atoms with Gasteiger partial charge in [-0.3, -0.25) is 0 Å². The van der Waals surface area contributed by atoms with Crippen LogP contribution in [0.3, 0.4) is 0 Å². The van der Waals surface area contributed by atoms with Gasteiger partial charge in [-0.2, -0.15) is 0 Å². The molecule has 1 aromatic rings. The minimum Gasteiger partial charge on any atom is -0.394 e. The van der Waals surface area contributed by atoms with Crippen molar-refractivity contribution in [3.05, 3.63) is 23.8 Å². The molecule has 0 aliphatic carbocycles. The van der Waals surface area contributed by atoms with Crippen LogP contribution in [0.15, 0.2) is 17.0 Å². The van der Waals surface area contributed by atoms with Gasteiger partial charge in [-0.05, 0) is 18.6 Å². The van der Waals surface area contributed by atoms with E-state index < -0.39 is 32.2 Å². The Bertz CT molecular complexity index is 533. The fourth-order valence-electron chi connectivity index (χ4n) is 1.59. The summed E-state index contributed by atoms with van der Waals surface area (Å²) in [7, 11) is -3.99. The molecule has 1 aromatic carbocycles. The minimum absolute atomic E-state index is 0.221. The van der Waals surface area contributed by atoms with E-state index >= 15 is 0 Å². The summed E-state index contributed by atoms with van der Waals surface area (Å²) in [4.78, 5) is -0.623. The summed E-state index contributed by atoms with van der Waals surface area (Å²) in [5.41, 5.74) is 4.35. The molecule has 1 rings (SSSR count). The molecule has 0 amide bonds. The predicted octanol–water partition coefficient (Wildman–Crippen LogP) is 2.41. The van der Waals surface area contributed by atoms with E-state index in [0.717, 1.165) is 31.4 Å². The highest BCUT2D eigenvalue weighted by Crippen LogP contribution is 2.22. The molecule has 0 saturated heterocycles. The molecule has 7 heteroatoms. The number of hydrogen-bond donors (Lipinski definition) is 2. The number of anilines is 1. The van der Waals surface area contributed by atoms with Crippen LogP contribution in [0.25, 0.3) is 0 Å². The Balaban J connectivity index is 2.75. The van der Waals surface area contributed by atoms with Gasteiger partial charge in [0.2, 0.25) is 10.0 Å². The van der Waals surface area contributed by atoms with Gasteiger partial charge in [-0.15, -0.1) is 0 Å². The highest BCUT2D eigenvalue weighted by Gasteiger charge is 2.21. The zero-order chi connectivity index (χ0) is 14.5. The van der Waals surface area contributed by atoms with E-state index in [1.165, 1.54) is 0 Å². The number of nitrogens with one attached hydrogen (secondary N) is 1. The smallest absolute Gasteiger partial charge is 0.243 e. The van der Waals surface area contributed by atoms with Crippen molar-refractivity contribution in [3.8, 4) is 0 Å². The Kier molecular flexibility index (Phi) is 5.68. The summed E-state index contributed by atoms with van der Waals surface area (Å²) >= 11 is 0. The average Bonchev–Trinajstić information content (AvgIpc) is 2.35. The summed E-state index contributed by atoms with van der Waals surface area (Å²) < 4.78 is 52.5. The van der Waals surface area contributed by atoms with E-state index in [2.05, 4.69) is 4.72 Å².